The first kappa shape index (κ1) is 21.3. The molecule has 0 aliphatic carbocycles. The number of amides is 1. The number of nitrogens with one attached hydrogen (secondary N) is 1. The summed E-state index contributed by atoms with van der Waals surface area (Å²) in [6, 6.07) is 23.8. The highest BCUT2D eigenvalue weighted by atomic mass is 16.2. The van der Waals surface area contributed by atoms with E-state index in [0.29, 0.717) is 22.5 Å². The van der Waals surface area contributed by atoms with Crippen LogP contribution in [0.1, 0.15) is 30.9 Å². The minimum absolute atomic E-state index is 0.141. The zero-order valence-corrected chi connectivity index (χ0v) is 18.1. The van der Waals surface area contributed by atoms with E-state index in [2.05, 4.69) is 19.2 Å². The molecule has 3 aromatic carbocycles. The number of hydrogen-bond donors (Lipinski definition) is 1. The summed E-state index contributed by atoms with van der Waals surface area (Å²) in [5.74, 6) is 0.0646. The van der Waals surface area contributed by atoms with Crippen molar-refractivity contribution in [3.63, 3.8) is 0 Å². The van der Waals surface area contributed by atoms with Gasteiger partial charge in [-0.3, -0.25) is 18.7 Å². The highest BCUT2D eigenvalue weighted by Crippen LogP contribution is 2.17. The Morgan fingerprint density at radius 3 is 2.19 bits per heavy atom. The van der Waals surface area contributed by atoms with Crippen LogP contribution in [0.3, 0.4) is 0 Å². The van der Waals surface area contributed by atoms with Gasteiger partial charge in [0.25, 0.3) is 5.56 Å². The number of fused-ring (bicyclic) bond motifs is 1. The number of anilines is 1. The third-order valence-electron chi connectivity index (χ3n) is 5.48. The number of aromatic nitrogens is 2. The van der Waals surface area contributed by atoms with E-state index in [4.69, 9.17) is 0 Å². The molecule has 0 atom stereocenters. The molecule has 0 aliphatic heterocycles. The molecule has 1 heterocycles. The van der Waals surface area contributed by atoms with Crippen molar-refractivity contribution >= 4 is 22.5 Å². The molecule has 0 unspecified atom stereocenters. The van der Waals surface area contributed by atoms with Crippen LogP contribution in [-0.2, 0) is 17.9 Å². The van der Waals surface area contributed by atoms with Crippen LogP contribution in [0, 0.1) is 0 Å². The van der Waals surface area contributed by atoms with Crippen molar-refractivity contribution < 1.29 is 4.79 Å². The van der Waals surface area contributed by atoms with Crippen molar-refractivity contribution in [2.24, 2.45) is 0 Å². The Kier molecular flexibility index (Phi) is 6.03. The highest BCUT2D eigenvalue weighted by molar-refractivity contribution is 5.91. The van der Waals surface area contributed by atoms with Gasteiger partial charge in [-0.05, 0) is 41.3 Å². The summed E-state index contributed by atoms with van der Waals surface area (Å²) < 4.78 is 2.54. The van der Waals surface area contributed by atoms with Gasteiger partial charge in [0, 0.05) is 5.69 Å². The highest BCUT2D eigenvalue weighted by Gasteiger charge is 2.15. The van der Waals surface area contributed by atoms with E-state index in [0.717, 1.165) is 5.56 Å². The number of nitrogens with zero attached hydrogens (tertiary/aromatic N) is 2. The number of carbonyl (C=O) groups is 1. The van der Waals surface area contributed by atoms with Gasteiger partial charge in [-0.15, -0.1) is 0 Å². The fourth-order valence-electron chi connectivity index (χ4n) is 3.72. The van der Waals surface area contributed by atoms with E-state index in [-0.39, 0.29) is 24.6 Å². The average molecular weight is 428 g/mol. The van der Waals surface area contributed by atoms with Gasteiger partial charge >= 0.3 is 5.69 Å². The van der Waals surface area contributed by atoms with Crippen LogP contribution in [-0.4, -0.2) is 15.0 Å². The predicted octanol–water partition coefficient (Wildman–Crippen LogP) is 3.97. The van der Waals surface area contributed by atoms with Crippen molar-refractivity contribution in [3.05, 3.63) is 111 Å². The summed E-state index contributed by atoms with van der Waals surface area (Å²) in [5, 5.41) is 3.25. The number of carbonyl (C=O) groups excluding carboxylic acids is 1. The Morgan fingerprint density at radius 1 is 0.844 bits per heavy atom. The molecule has 4 aromatic rings. The van der Waals surface area contributed by atoms with E-state index in [1.165, 1.54) is 14.7 Å². The summed E-state index contributed by atoms with van der Waals surface area (Å²) in [6.07, 6.45) is 0. The Hall–Kier alpha value is -3.93. The molecular weight excluding hydrogens is 402 g/mol. The maximum Gasteiger partial charge on any atom is 0.332 e. The van der Waals surface area contributed by atoms with Crippen molar-refractivity contribution in [3.8, 4) is 0 Å². The first-order valence-corrected chi connectivity index (χ1v) is 10.6. The van der Waals surface area contributed by atoms with Gasteiger partial charge < -0.3 is 5.32 Å². The molecule has 0 saturated carbocycles. The molecule has 0 bridgehead atoms. The summed E-state index contributed by atoms with van der Waals surface area (Å²) in [7, 11) is 0. The third-order valence-corrected chi connectivity index (χ3v) is 5.48. The Labute approximate surface area is 185 Å². The van der Waals surface area contributed by atoms with Crippen molar-refractivity contribution in [1.29, 1.82) is 0 Å². The molecule has 0 spiro atoms. The number of rotatable bonds is 6. The van der Waals surface area contributed by atoms with Crippen LogP contribution in [0.15, 0.2) is 88.5 Å². The van der Waals surface area contributed by atoms with Gasteiger partial charge in [-0.2, -0.15) is 0 Å². The molecule has 1 amide bonds. The van der Waals surface area contributed by atoms with Crippen molar-refractivity contribution in [2.75, 3.05) is 5.32 Å². The molecule has 32 heavy (non-hydrogen) atoms. The lowest BCUT2D eigenvalue weighted by Gasteiger charge is -2.14. The van der Waals surface area contributed by atoms with Crippen LogP contribution >= 0.6 is 0 Å². The third kappa shape index (κ3) is 4.39. The Morgan fingerprint density at radius 2 is 1.50 bits per heavy atom. The summed E-state index contributed by atoms with van der Waals surface area (Å²) in [4.78, 5) is 39.1. The second-order valence-corrected chi connectivity index (χ2v) is 8.09. The summed E-state index contributed by atoms with van der Waals surface area (Å²) in [6.45, 7) is 4.16. The van der Waals surface area contributed by atoms with E-state index < -0.39 is 5.69 Å². The van der Waals surface area contributed by atoms with Crippen LogP contribution in [0.25, 0.3) is 10.9 Å². The molecule has 0 saturated heterocycles. The van der Waals surface area contributed by atoms with Gasteiger partial charge in [-0.1, -0.05) is 68.4 Å². The van der Waals surface area contributed by atoms with E-state index >= 15 is 0 Å². The number of hydrogen-bond acceptors (Lipinski definition) is 3. The fraction of sp³-hybridized carbons (Fsp3) is 0.192. The monoisotopic (exact) mass is 427 g/mol. The Balaban J connectivity index is 1.69. The first-order chi connectivity index (χ1) is 15.4. The van der Waals surface area contributed by atoms with E-state index in [9.17, 15) is 14.4 Å². The largest absolute Gasteiger partial charge is 0.332 e. The van der Waals surface area contributed by atoms with Gasteiger partial charge in [0.2, 0.25) is 5.91 Å². The molecular formula is C26H25N3O3. The number of para-hydroxylation sites is 1. The number of benzene rings is 3. The molecule has 6 heteroatoms. The lowest BCUT2D eigenvalue weighted by molar-refractivity contribution is -0.116. The standard InChI is InChI=1S/C26H25N3O3/c1-18(2)20-12-14-21(15-13-20)27-24(30)17-28-23-11-7-6-10-22(23)25(31)29(26(28)32)16-19-8-4-3-5-9-19/h3-15,18H,16-17H2,1-2H3,(H,27,30). The van der Waals surface area contributed by atoms with Crippen LogP contribution in [0.2, 0.25) is 0 Å². The predicted molar refractivity (Wildman–Crippen MR) is 127 cm³/mol. The lowest BCUT2D eigenvalue weighted by Crippen LogP contribution is -2.42. The molecule has 6 nitrogen and oxygen atoms in total. The first-order valence-electron chi connectivity index (χ1n) is 10.6. The molecule has 4 rings (SSSR count). The zero-order valence-electron chi connectivity index (χ0n) is 18.1. The zero-order chi connectivity index (χ0) is 22.7. The molecule has 162 valence electrons. The van der Waals surface area contributed by atoms with Gasteiger partial charge in [-0.25, -0.2) is 4.79 Å². The van der Waals surface area contributed by atoms with Crippen molar-refractivity contribution in [2.45, 2.75) is 32.9 Å². The van der Waals surface area contributed by atoms with Gasteiger partial charge in [0.1, 0.15) is 6.54 Å². The molecule has 1 N–H and O–H groups in total. The summed E-state index contributed by atoms with van der Waals surface area (Å²) in [5.41, 5.74) is 2.24. The maximum absolute atomic E-state index is 13.3. The van der Waals surface area contributed by atoms with E-state index in [1.807, 2.05) is 54.6 Å². The molecule has 1 aromatic heterocycles. The van der Waals surface area contributed by atoms with Crippen LogP contribution in [0.4, 0.5) is 5.69 Å². The maximum atomic E-state index is 13.3. The molecule has 0 radical (unpaired) electrons. The second-order valence-electron chi connectivity index (χ2n) is 8.09. The quantitative estimate of drug-likeness (QED) is 0.506. The van der Waals surface area contributed by atoms with Crippen LogP contribution in [0.5, 0.6) is 0 Å². The minimum atomic E-state index is -0.511. The van der Waals surface area contributed by atoms with Crippen LogP contribution < -0.4 is 16.6 Å². The lowest BCUT2D eigenvalue weighted by atomic mass is 10.0. The van der Waals surface area contributed by atoms with Gasteiger partial charge in [0.05, 0.1) is 17.4 Å². The normalized spacial score (nSPS) is 11.1. The Bertz CT molecular complexity index is 1370. The second kappa shape index (κ2) is 9.06. The molecule has 0 aliphatic rings. The SMILES string of the molecule is CC(C)c1ccc(NC(=O)Cn2c(=O)n(Cc3ccccc3)c(=O)c3ccccc32)cc1. The topological polar surface area (TPSA) is 73.1 Å². The summed E-state index contributed by atoms with van der Waals surface area (Å²) >= 11 is 0. The minimum Gasteiger partial charge on any atom is -0.325 e. The fourth-order valence-corrected chi connectivity index (χ4v) is 3.72. The smallest absolute Gasteiger partial charge is 0.325 e. The molecule has 0 fully saturated rings. The average Bonchev–Trinajstić information content (AvgIpc) is 2.80. The van der Waals surface area contributed by atoms with Gasteiger partial charge in [0.15, 0.2) is 0 Å². The van der Waals surface area contributed by atoms with Crippen molar-refractivity contribution in [1.82, 2.24) is 9.13 Å². The van der Waals surface area contributed by atoms with E-state index in [1.54, 1.807) is 24.3 Å².